The van der Waals surface area contributed by atoms with E-state index in [-0.39, 0.29) is 0 Å². The maximum absolute atomic E-state index is 10.4. The number of aromatic nitrogens is 2. The van der Waals surface area contributed by atoms with Crippen LogP contribution in [0.15, 0.2) is 12.3 Å². The van der Waals surface area contributed by atoms with Crippen LogP contribution in [0, 0.1) is 0 Å². The van der Waals surface area contributed by atoms with Gasteiger partial charge < -0.3 is 10.8 Å². The lowest BCUT2D eigenvalue weighted by Crippen LogP contribution is -2.30. The molecule has 0 aliphatic rings. The molecule has 3 N–H and O–H groups in total. The number of hydrogen-bond acceptors (Lipinski definition) is 3. The van der Waals surface area contributed by atoms with E-state index in [0.717, 1.165) is 5.69 Å². The van der Waals surface area contributed by atoms with Gasteiger partial charge in [-0.1, -0.05) is 0 Å². The van der Waals surface area contributed by atoms with Crippen molar-refractivity contribution in [2.45, 2.75) is 18.9 Å². The number of carboxylic acids is 1. The van der Waals surface area contributed by atoms with Crippen LogP contribution >= 0.6 is 0 Å². The highest BCUT2D eigenvalue weighted by molar-refractivity contribution is 5.72. The summed E-state index contributed by atoms with van der Waals surface area (Å²) in [6, 6.07) is 1.07. The molecule has 1 heterocycles. The second-order valence-electron chi connectivity index (χ2n) is 2.93. The number of carboxylic acid groups (broad SMARTS) is 1. The van der Waals surface area contributed by atoms with E-state index >= 15 is 0 Å². The topological polar surface area (TPSA) is 81.1 Å². The quantitative estimate of drug-likeness (QED) is 0.675. The molecule has 1 rings (SSSR count). The molecule has 0 spiro atoms. The maximum Gasteiger partial charge on any atom is 0.320 e. The molecular formula is C8H13N3O2. The number of aliphatic carboxylic acids is 1. The molecule has 1 aromatic heterocycles. The molecule has 5 heteroatoms. The van der Waals surface area contributed by atoms with Gasteiger partial charge in [-0.25, -0.2) is 0 Å². The third-order valence-electron chi connectivity index (χ3n) is 1.95. The molecule has 0 saturated heterocycles. The lowest BCUT2D eigenvalue weighted by atomic mass is 10.1. The fourth-order valence-electron chi connectivity index (χ4n) is 1.07. The van der Waals surface area contributed by atoms with E-state index in [0.29, 0.717) is 12.8 Å². The van der Waals surface area contributed by atoms with Crippen LogP contribution in [-0.2, 0) is 18.3 Å². The average molecular weight is 183 g/mol. The zero-order valence-electron chi connectivity index (χ0n) is 7.47. The summed E-state index contributed by atoms with van der Waals surface area (Å²) in [6.07, 6.45) is 2.76. The highest BCUT2D eigenvalue weighted by Crippen LogP contribution is 2.02. The summed E-state index contributed by atoms with van der Waals surface area (Å²) in [5.74, 6) is -0.956. The summed E-state index contributed by atoms with van der Waals surface area (Å²) in [5.41, 5.74) is 6.35. The maximum atomic E-state index is 10.4. The molecule has 0 amide bonds. The number of aryl methyl sites for hydroxylation is 2. The van der Waals surface area contributed by atoms with E-state index in [1.165, 1.54) is 0 Å². The van der Waals surface area contributed by atoms with E-state index < -0.39 is 12.0 Å². The van der Waals surface area contributed by atoms with Gasteiger partial charge in [0, 0.05) is 18.9 Å². The second kappa shape index (κ2) is 4.04. The smallest absolute Gasteiger partial charge is 0.320 e. The number of rotatable bonds is 4. The third kappa shape index (κ3) is 2.55. The Kier molecular flexibility index (Phi) is 3.02. The van der Waals surface area contributed by atoms with E-state index in [2.05, 4.69) is 5.10 Å². The predicted molar refractivity (Wildman–Crippen MR) is 47.1 cm³/mol. The predicted octanol–water partition coefficient (Wildman–Crippen LogP) is -0.235. The molecule has 1 aromatic rings. The molecule has 72 valence electrons. The van der Waals surface area contributed by atoms with E-state index in [4.69, 9.17) is 10.8 Å². The highest BCUT2D eigenvalue weighted by Gasteiger charge is 2.11. The zero-order valence-corrected chi connectivity index (χ0v) is 7.47. The van der Waals surface area contributed by atoms with Crippen molar-refractivity contribution >= 4 is 5.97 Å². The number of nitrogens with zero attached hydrogens (tertiary/aromatic N) is 2. The standard InChI is InChI=1S/C8H13N3O2/c1-11-6(4-5-10-11)2-3-7(9)8(12)13/h4-5,7H,2-3,9H2,1H3,(H,12,13). The summed E-state index contributed by atoms with van der Waals surface area (Å²) < 4.78 is 1.72. The van der Waals surface area contributed by atoms with Gasteiger partial charge in [0.2, 0.25) is 0 Å². The number of hydrogen-bond donors (Lipinski definition) is 2. The Morgan fingerprint density at radius 1 is 1.85 bits per heavy atom. The Morgan fingerprint density at radius 2 is 2.54 bits per heavy atom. The van der Waals surface area contributed by atoms with Crippen LogP contribution in [0.2, 0.25) is 0 Å². The van der Waals surface area contributed by atoms with Gasteiger partial charge in [0.15, 0.2) is 0 Å². The lowest BCUT2D eigenvalue weighted by Gasteiger charge is -2.05. The first-order chi connectivity index (χ1) is 6.11. The van der Waals surface area contributed by atoms with Crippen molar-refractivity contribution in [2.75, 3.05) is 0 Å². The largest absolute Gasteiger partial charge is 0.480 e. The summed E-state index contributed by atoms with van der Waals surface area (Å²) >= 11 is 0. The van der Waals surface area contributed by atoms with Crippen molar-refractivity contribution in [3.05, 3.63) is 18.0 Å². The molecule has 1 unspecified atom stereocenters. The molecule has 0 aromatic carbocycles. The van der Waals surface area contributed by atoms with Gasteiger partial charge in [-0.2, -0.15) is 5.10 Å². The Labute approximate surface area is 76.2 Å². The first-order valence-corrected chi connectivity index (χ1v) is 4.06. The van der Waals surface area contributed by atoms with E-state index in [1.807, 2.05) is 13.1 Å². The van der Waals surface area contributed by atoms with Crippen LogP contribution in [0.3, 0.4) is 0 Å². The summed E-state index contributed by atoms with van der Waals surface area (Å²) in [7, 11) is 1.82. The molecule has 0 bridgehead atoms. The van der Waals surface area contributed by atoms with Crippen LogP contribution in [-0.4, -0.2) is 26.9 Å². The first kappa shape index (κ1) is 9.73. The summed E-state index contributed by atoms with van der Waals surface area (Å²) in [5, 5.41) is 12.5. The Bertz CT molecular complexity index is 295. The van der Waals surface area contributed by atoms with Gasteiger partial charge in [-0.3, -0.25) is 9.48 Å². The van der Waals surface area contributed by atoms with Gasteiger partial charge in [-0.15, -0.1) is 0 Å². The van der Waals surface area contributed by atoms with Crippen LogP contribution in [0.1, 0.15) is 12.1 Å². The molecule has 0 radical (unpaired) electrons. The minimum Gasteiger partial charge on any atom is -0.480 e. The van der Waals surface area contributed by atoms with Gasteiger partial charge in [0.05, 0.1) is 0 Å². The van der Waals surface area contributed by atoms with Crippen molar-refractivity contribution < 1.29 is 9.90 Å². The molecule has 0 aliphatic heterocycles. The molecule has 13 heavy (non-hydrogen) atoms. The zero-order chi connectivity index (χ0) is 9.84. The Hall–Kier alpha value is -1.36. The van der Waals surface area contributed by atoms with Crippen molar-refractivity contribution in [2.24, 2.45) is 12.8 Å². The van der Waals surface area contributed by atoms with Crippen LogP contribution < -0.4 is 5.73 Å². The molecule has 1 atom stereocenters. The van der Waals surface area contributed by atoms with Crippen LogP contribution in [0.5, 0.6) is 0 Å². The highest BCUT2D eigenvalue weighted by atomic mass is 16.4. The molecule has 0 aliphatic carbocycles. The van der Waals surface area contributed by atoms with Gasteiger partial charge in [0.25, 0.3) is 0 Å². The molecule has 0 fully saturated rings. The number of nitrogens with two attached hydrogens (primary N) is 1. The Balaban J connectivity index is 2.44. The molecular weight excluding hydrogens is 170 g/mol. The van der Waals surface area contributed by atoms with E-state index in [9.17, 15) is 4.79 Å². The summed E-state index contributed by atoms with van der Waals surface area (Å²) in [6.45, 7) is 0. The lowest BCUT2D eigenvalue weighted by molar-refractivity contribution is -0.138. The Morgan fingerprint density at radius 3 is 3.00 bits per heavy atom. The van der Waals surface area contributed by atoms with Gasteiger partial charge >= 0.3 is 5.97 Å². The SMILES string of the molecule is Cn1nccc1CCC(N)C(=O)O. The minimum atomic E-state index is -0.956. The van der Waals surface area contributed by atoms with Gasteiger partial charge in [-0.05, 0) is 18.9 Å². The first-order valence-electron chi connectivity index (χ1n) is 4.06. The van der Waals surface area contributed by atoms with Crippen LogP contribution in [0.25, 0.3) is 0 Å². The third-order valence-corrected chi connectivity index (χ3v) is 1.95. The molecule has 5 nitrogen and oxygen atoms in total. The fraction of sp³-hybridized carbons (Fsp3) is 0.500. The van der Waals surface area contributed by atoms with Gasteiger partial charge in [0.1, 0.15) is 6.04 Å². The molecule has 0 saturated carbocycles. The fourth-order valence-corrected chi connectivity index (χ4v) is 1.07. The van der Waals surface area contributed by atoms with Crippen molar-refractivity contribution in [3.63, 3.8) is 0 Å². The van der Waals surface area contributed by atoms with E-state index in [1.54, 1.807) is 10.9 Å². The van der Waals surface area contributed by atoms with Crippen molar-refractivity contribution in [1.82, 2.24) is 9.78 Å². The normalized spacial score (nSPS) is 12.8. The van der Waals surface area contributed by atoms with Crippen LogP contribution in [0.4, 0.5) is 0 Å². The minimum absolute atomic E-state index is 0.439. The second-order valence-corrected chi connectivity index (χ2v) is 2.93. The van der Waals surface area contributed by atoms with Crippen molar-refractivity contribution in [1.29, 1.82) is 0 Å². The summed E-state index contributed by atoms with van der Waals surface area (Å²) in [4.78, 5) is 10.4. The monoisotopic (exact) mass is 183 g/mol. The van der Waals surface area contributed by atoms with Crippen molar-refractivity contribution in [3.8, 4) is 0 Å². The average Bonchev–Trinajstić information content (AvgIpc) is 2.47. The number of carbonyl (C=O) groups is 1.